The molecule has 0 amide bonds. The van der Waals surface area contributed by atoms with E-state index in [0.29, 0.717) is 0 Å². The fraction of sp³-hybridized carbons (Fsp3) is 0.400. The lowest BCUT2D eigenvalue weighted by atomic mass is 9.48. The average Bonchev–Trinajstić information content (AvgIpc) is 2.45. The average molecular weight is 209 g/mol. The van der Waals surface area contributed by atoms with Gasteiger partial charge in [-0.15, -0.1) is 4.98 Å². The number of hydrogen-bond donors (Lipinski definition) is 2. The first-order valence-electron chi connectivity index (χ1n) is 4.35. The summed E-state index contributed by atoms with van der Waals surface area (Å²) >= 11 is 0. The molecule has 7 nitrogen and oxygen atoms in total. The Morgan fingerprint density at radius 2 is 2.20 bits per heavy atom. The molecule has 0 radical (unpaired) electrons. The number of carbonyl (C=O) groups is 1. The highest BCUT2D eigenvalue weighted by atomic mass is 16.5. The van der Waals surface area contributed by atoms with Gasteiger partial charge in [-0.1, -0.05) is 0 Å². The van der Waals surface area contributed by atoms with Gasteiger partial charge in [0.25, 0.3) is 0 Å². The van der Waals surface area contributed by atoms with Crippen molar-refractivity contribution in [2.45, 2.75) is 5.24 Å². The minimum absolute atomic E-state index is 0.120. The van der Waals surface area contributed by atoms with Crippen LogP contribution in [0.5, 0.6) is 0 Å². The Labute approximate surface area is 88.0 Å². The van der Waals surface area contributed by atoms with E-state index < -0.39 is 17.0 Å². The molecule has 1 heterocycles. The Balaban J connectivity index is 3.01. The fourth-order valence-corrected chi connectivity index (χ4v) is 1.10. The summed E-state index contributed by atoms with van der Waals surface area (Å²) in [4.78, 5) is 26.3. The lowest BCUT2D eigenvalue weighted by Gasteiger charge is -2.33. The van der Waals surface area contributed by atoms with Gasteiger partial charge >= 0.3 is 11.7 Å². The van der Waals surface area contributed by atoms with Crippen molar-refractivity contribution >= 4 is 35.5 Å². The molecule has 1 rings (SSSR count). The number of nitrogens with one attached hydrogen (secondary N) is 1. The molecule has 0 saturated carbocycles. The van der Waals surface area contributed by atoms with Gasteiger partial charge in [0.1, 0.15) is 30.1 Å². The minimum Gasteiger partial charge on any atom is -0.480 e. The van der Waals surface area contributed by atoms with E-state index in [-0.39, 0.29) is 12.5 Å². The normalized spacial score (nSPS) is 11.2. The maximum atomic E-state index is 10.7. The highest BCUT2D eigenvalue weighted by Gasteiger charge is 2.26. The smallest absolute Gasteiger partial charge is 0.461 e. The van der Waals surface area contributed by atoms with E-state index in [9.17, 15) is 9.59 Å². The molecule has 0 aliphatic rings. The van der Waals surface area contributed by atoms with Gasteiger partial charge in [0, 0.05) is 0 Å². The largest absolute Gasteiger partial charge is 0.480 e. The Morgan fingerprint density at radius 3 is 2.53 bits per heavy atom. The number of nitrogens with zero attached hydrogens (tertiary/aromatic N) is 2. The number of carboxylic acids is 1. The summed E-state index contributed by atoms with van der Waals surface area (Å²) in [6.07, 6.45) is 0. The van der Waals surface area contributed by atoms with Gasteiger partial charge in [-0.3, -0.25) is 4.79 Å². The topological polar surface area (TPSA) is 99.4 Å². The first-order valence-corrected chi connectivity index (χ1v) is 4.35. The maximum absolute atomic E-state index is 10.7. The Bertz CT molecular complexity index is 408. The van der Waals surface area contributed by atoms with Crippen LogP contribution in [-0.4, -0.2) is 56.5 Å². The molecule has 0 fully saturated rings. The summed E-state index contributed by atoms with van der Waals surface area (Å²) in [6, 6.07) is 0. The van der Waals surface area contributed by atoms with E-state index in [0.717, 1.165) is 0 Å². The lowest BCUT2D eigenvalue weighted by molar-refractivity contribution is -0.135. The Morgan fingerprint density at radius 1 is 1.60 bits per heavy atom. The quantitative estimate of drug-likeness (QED) is 0.487. The maximum Gasteiger partial charge on any atom is 0.461 e. The highest BCUT2D eigenvalue weighted by molar-refractivity contribution is 6.60. The zero-order chi connectivity index (χ0) is 11.6. The molecule has 10 heteroatoms. The van der Waals surface area contributed by atoms with E-state index in [2.05, 4.69) is 14.7 Å². The van der Waals surface area contributed by atoms with E-state index in [1.54, 1.807) is 0 Å². The van der Waals surface area contributed by atoms with Crippen molar-refractivity contribution in [2.24, 2.45) is 0 Å². The summed E-state index contributed by atoms with van der Waals surface area (Å²) in [5.41, 5.74) is 0. The van der Waals surface area contributed by atoms with Gasteiger partial charge in [0.15, 0.2) is 0 Å². The highest BCUT2D eigenvalue weighted by Crippen LogP contribution is 2.10. The zero-order valence-electron chi connectivity index (χ0n) is 8.77. The summed E-state index contributed by atoms with van der Waals surface area (Å²) in [7, 11) is 5.43. The number of aliphatic carboxylic acids is 1. The number of anilines is 1. The molecule has 1 aromatic rings. The molecule has 0 aromatic carbocycles. The fourth-order valence-electron chi connectivity index (χ4n) is 1.10. The van der Waals surface area contributed by atoms with E-state index in [1.807, 2.05) is 23.5 Å². The second-order valence-corrected chi connectivity index (χ2v) is 4.06. The molecular weight excluding hydrogens is 199 g/mol. The van der Waals surface area contributed by atoms with Crippen LogP contribution in [-0.2, 0) is 4.79 Å². The second kappa shape index (κ2) is 3.88. The van der Waals surface area contributed by atoms with Crippen LogP contribution >= 0.6 is 0 Å². The van der Waals surface area contributed by atoms with Gasteiger partial charge in [0.2, 0.25) is 5.95 Å². The third kappa shape index (κ3) is 2.93. The molecule has 0 unspecified atom stereocenters. The van der Waals surface area contributed by atoms with Gasteiger partial charge in [-0.2, -0.15) is 5.16 Å². The van der Waals surface area contributed by atoms with Crippen molar-refractivity contribution in [1.29, 1.82) is 0 Å². The molecule has 2 N–H and O–H groups in total. The monoisotopic (exact) mass is 209 g/mol. The molecule has 78 valence electrons. The number of carboxylic acid groups (broad SMARTS) is 1. The molecule has 0 aliphatic carbocycles. The van der Waals surface area contributed by atoms with E-state index >= 15 is 0 Å². The van der Waals surface area contributed by atoms with Crippen molar-refractivity contribution < 1.29 is 14.4 Å². The second-order valence-electron chi connectivity index (χ2n) is 4.06. The molecule has 0 bridgehead atoms. The molecule has 0 spiro atoms. The van der Waals surface area contributed by atoms with Crippen LogP contribution in [0.3, 0.4) is 0 Å². The first-order chi connectivity index (χ1) is 6.80. The Kier molecular flexibility index (Phi) is 2.97. The predicted octanol–water partition coefficient (Wildman–Crippen LogP) is -4.24. The first kappa shape index (κ1) is 11.5. The Hall–Kier alpha value is -1.60. The molecule has 0 aliphatic heterocycles. The van der Waals surface area contributed by atoms with Crippen LogP contribution in [0.4, 0.5) is 5.95 Å². The van der Waals surface area contributed by atoms with E-state index in [4.69, 9.17) is 5.11 Å². The molecule has 0 saturated heterocycles. The summed E-state index contributed by atoms with van der Waals surface area (Å²) in [5.74, 6) is -1.66. The van der Waals surface area contributed by atoms with Crippen LogP contribution in [0.25, 0.3) is 0 Å². The van der Waals surface area contributed by atoms with Gasteiger partial charge in [0.05, 0.1) is 0 Å². The standard InChI is InChI=1S/C5H10B3N3O4/c6-5(7,8)11(1-2(12)13)3-9-4(14)15-10-3/h1,6-8H2,(H,12,13)(H,9,10,14). The van der Waals surface area contributed by atoms with Crippen LogP contribution < -0.4 is 10.7 Å². The molecule has 15 heavy (non-hydrogen) atoms. The van der Waals surface area contributed by atoms with Crippen LogP contribution in [0, 0.1) is 0 Å². The van der Waals surface area contributed by atoms with Crippen molar-refractivity contribution in [1.82, 2.24) is 10.1 Å². The van der Waals surface area contributed by atoms with Crippen molar-refractivity contribution in [2.75, 3.05) is 11.4 Å². The van der Waals surface area contributed by atoms with Crippen LogP contribution in [0.15, 0.2) is 9.32 Å². The van der Waals surface area contributed by atoms with E-state index in [1.165, 1.54) is 4.90 Å². The molecular formula is C5H10B3N3O4. The van der Waals surface area contributed by atoms with Crippen LogP contribution in [0.1, 0.15) is 0 Å². The number of hydrogen-bond acceptors (Lipinski definition) is 5. The van der Waals surface area contributed by atoms with Crippen molar-refractivity contribution in [3.63, 3.8) is 0 Å². The van der Waals surface area contributed by atoms with Gasteiger partial charge in [-0.05, 0) is 5.24 Å². The van der Waals surface area contributed by atoms with Gasteiger partial charge < -0.3 is 14.5 Å². The number of aromatic nitrogens is 2. The summed E-state index contributed by atoms with van der Waals surface area (Å²) in [5, 5.41) is 10.5. The summed E-state index contributed by atoms with van der Waals surface area (Å²) in [6.45, 7) is -0.258. The summed E-state index contributed by atoms with van der Waals surface area (Å²) < 4.78 is 4.40. The minimum atomic E-state index is -1.01. The zero-order valence-corrected chi connectivity index (χ0v) is 8.77. The lowest BCUT2D eigenvalue weighted by Crippen LogP contribution is -2.53. The molecule has 1 aromatic heterocycles. The number of H-pyrrole nitrogens is 1. The SMILES string of the molecule is BC(B)(B)N(CC(=O)O)c1nc(=O)o[nH]1. The number of rotatable bonds is 4. The van der Waals surface area contributed by atoms with Crippen LogP contribution in [0.2, 0.25) is 0 Å². The predicted molar refractivity (Wildman–Crippen MR) is 60.5 cm³/mol. The van der Waals surface area contributed by atoms with Crippen molar-refractivity contribution in [3.05, 3.63) is 10.6 Å². The third-order valence-electron chi connectivity index (χ3n) is 1.79. The van der Waals surface area contributed by atoms with Gasteiger partial charge in [-0.25, -0.2) is 4.79 Å². The molecule has 0 atom stereocenters. The number of aromatic amines is 1. The van der Waals surface area contributed by atoms with Crippen molar-refractivity contribution in [3.8, 4) is 0 Å². The third-order valence-corrected chi connectivity index (χ3v) is 1.79.